The predicted molar refractivity (Wildman–Crippen MR) is 102 cm³/mol. The van der Waals surface area contributed by atoms with E-state index in [1.165, 1.54) is 6.92 Å². The van der Waals surface area contributed by atoms with Crippen LogP contribution in [0.25, 0.3) is 11.3 Å². The molecular formula is C19H14Cl2N2O2. The summed E-state index contributed by atoms with van der Waals surface area (Å²) in [4.78, 5) is 15.4. The molecule has 0 bridgehead atoms. The number of nitrogens with zero attached hydrogens (tertiary/aromatic N) is 1. The number of anilines is 1. The molecule has 0 radical (unpaired) electrons. The summed E-state index contributed by atoms with van der Waals surface area (Å²) in [6.45, 7) is 1.47. The van der Waals surface area contributed by atoms with Crippen molar-refractivity contribution in [1.82, 2.24) is 0 Å². The molecule has 0 aliphatic heterocycles. The highest BCUT2D eigenvalue weighted by atomic mass is 35.5. The monoisotopic (exact) mass is 372 g/mol. The van der Waals surface area contributed by atoms with Gasteiger partial charge in [0.25, 0.3) is 0 Å². The molecule has 1 heterocycles. The van der Waals surface area contributed by atoms with Gasteiger partial charge in [0.2, 0.25) is 5.91 Å². The van der Waals surface area contributed by atoms with E-state index in [1.54, 1.807) is 48.7 Å². The van der Waals surface area contributed by atoms with Crippen LogP contribution < -0.4 is 5.32 Å². The van der Waals surface area contributed by atoms with E-state index in [9.17, 15) is 4.79 Å². The molecule has 6 heteroatoms. The van der Waals surface area contributed by atoms with Crippen LogP contribution >= 0.6 is 23.2 Å². The maximum Gasteiger partial charge on any atom is 0.221 e. The topological polar surface area (TPSA) is 54.6 Å². The van der Waals surface area contributed by atoms with Gasteiger partial charge in [-0.2, -0.15) is 0 Å². The van der Waals surface area contributed by atoms with Crippen molar-refractivity contribution in [2.75, 3.05) is 5.32 Å². The fraction of sp³-hybridized carbons (Fsp3) is 0.0526. The van der Waals surface area contributed by atoms with Crippen molar-refractivity contribution < 1.29 is 9.21 Å². The molecular weight excluding hydrogens is 359 g/mol. The van der Waals surface area contributed by atoms with Crippen molar-refractivity contribution in [1.29, 1.82) is 0 Å². The Morgan fingerprint density at radius 2 is 1.84 bits per heavy atom. The van der Waals surface area contributed by atoms with Gasteiger partial charge < -0.3 is 9.73 Å². The van der Waals surface area contributed by atoms with Gasteiger partial charge in [0.15, 0.2) is 0 Å². The molecule has 0 spiro atoms. The van der Waals surface area contributed by atoms with Crippen molar-refractivity contribution in [3.63, 3.8) is 0 Å². The third kappa shape index (κ3) is 4.50. The summed E-state index contributed by atoms with van der Waals surface area (Å²) in [5.41, 5.74) is 2.20. The lowest BCUT2D eigenvalue weighted by molar-refractivity contribution is -0.114. The Balaban J connectivity index is 1.75. The normalized spacial score (nSPS) is 11.0. The largest absolute Gasteiger partial charge is 0.455 e. The van der Waals surface area contributed by atoms with Crippen LogP contribution in [0.1, 0.15) is 12.7 Å². The predicted octanol–water partition coefficient (Wildman–Crippen LogP) is 5.96. The van der Waals surface area contributed by atoms with Crippen LogP contribution in [0, 0.1) is 0 Å². The molecule has 0 aliphatic carbocycles. The number of hydrogen-bond donors (Lipinski definition) is 1. The molecule has 0 atom stereocenters. The zero-order chi connectivity index (χ0) is 17.8. The molecule has 2 aromatic carbocycles. The molecule has 1 N–H and O–H groups in total. The van der Waals surface area contributed by atoms with Crippen LogP contribution in [-0.4, -0.2) is 12.1 Å². The minimum atomic E-state index is -0.112. The molecule has 3 rings (SSSR count). The first-order valence-corrected chi connectivity index (χ1v) is 8.24. The van der Waals surface area contributed by atoms with E-state index < -0.39 is 0 Å². The quantitative estimate of drug-likeness (QED) is 0.574. The van der Waals surface area contributed by atoms with E-state index >= 15 is 0 Å². The third-order valence-electron chi connectivity index (χ3n) is 3.35. The van der Waals surface area contributed by atoms with E-state index in [4.69, 9.17) is 27.6 Å². The van der Waals surface area contributed by atoms with Crippen LogP contribution in [-0.2, 0) is 4.79 Å². The molecule has 1 aromatic heterocycles. The molecule has 126 valence electrons. The molecule has 0 fully saturated rings. The van der Waals surface area contributed by atoms with Gasteiger partial charge >= 0.3 is 0 Å². The third-order valence-corrected chi connectivity index (χ3v) is 3.91. The summed E-state index contributed by atoms with van der Waals surface area (Å²) >= 11 is 12.2. The summed E-state index contributed by atoms with van der Waals surface area (Å²) in [7, 11) is 0. The first kappa shape index (κ1) is 17.3. The van der Waals surface area contributed by atoms with Crippen molar-refractivity contribution >= 4 is 46.7 Å². The maximum absolute atomic E-state index is 11.0. The van der Waals surface area contributed by atoms with E-state index in [1.807, 2.05) is 12.1 Å². The van der Waals surface area contributed by atoms with Gasteiger partial charge in [0.05, 0.1) is 16.9 Å². The first-order chi connectivity index (χ1) is 12.0. The van der Waals surface area contributed by atoms with Crippen LogP contribution in [0.3, 0.4) is 0 Å². The number of halogens is 2. The zero-order valence-electron chi connectivity index (χ0n) is 13.3. The van der Waals surface area contributed by atoms with Crippen LogP contribution in [0.2, 0.25) is 10.0 Å². The standard InChI is InChI=1S/C19H14Cl2N2O2/c1-12(24)23-15-5-3-14(4-6-15)22-11-16-7-9-19(25-16)17-10-13(20)2-8-18(17)21/h2-11H,1H3,(H,23,24). The lowest BCUT2D eigenvalue weighted by Gasteiger charge is -2.01. The Hall–Kier alpha value is -2.56. The van der Waals surface area contributed by atoms with E-state index in [-0.39, 0.29) is 5.91 Å². The van der Waals surface area contributed by atoms with Gasteiger partial charge in [-0.25, -0.2) is 0 Å². The average Bonchev–Trinajstić information content (AvgIpc) is 3.05. The Morgan fingerprint density at radius 3 is 2.56 bits per heavy atom. The van der Waals surface area contributed by atoms with Gasteiger partial charge in [-0.1, -0.05) is 23.2 Å². The molecule has 0 saturated heterocycles. The van der Waals surface area contributed by atoms with Gasteiger partial charge in [0, 0.05) is 23.2 Å². The first-order valence-electron chi connectivity index (χ1n) is 7.48. The lowest BCUT2D eigenvalue weighted by Crippen LogP contribution is -2.04. The second-order valence-electron chi connectivity index (χ2n) is 5.31. The molecule has 25 heavy (non-hydrogen) atoms. The summed E-state index contributed by atoms with van der Waals surface area (Å²) in [5, 5.41) is 3.86. The highest BCUT2D eigenvalue weighted by molar-refractivity contribution is 6.35. The Morgan fingerprint density at radius 1 is 1.08 bits per heavy atom. The van der Waals surface area contributed by atoms with Crippen LogP contribution in [0.5, 0.6) is 0 Å². The lowest BCUT2D eigenvalue weighted by atomic mass is 10.2. The molecule has 3 aromatic rings. The Labute approximate surface area is 155 Å². The Bertz CT molecular complexity index is 931. The number of benzene rings is 2. The number of amides is 1. The number of carbonyl (C=O) groups excluding carboxylic acids is 1. The highest BCUT2D eigenvalue weighted by Gasteiger charge is 2.08. The highest BCUT2D eigenvalue weighted by Crippen LogP contribution is 2.31. The number of hydrogen-bond acceptors (Lipinski definition) is 3. The van der Waals surface area contributed by atoms with Gasteiger partial charge in [-0.05, 0) is 54.6 Å². The van der Waals surface area contributed by atoms with E-state index in [0.29, 0.717) is 21.6 Å². The van der Waals surface area contributed by atoms with Crippen molar-refractivity contribution in [2.45, 2.75) is 6.92 Å². The number of carbonyl (C=O) groups is 1. The number of aliphatic imine (C=N–C) groups is 1. The second kappa shape index (κ2) is 7.55. The fourth-order valence-corrected chi connectivity index (χ4v) is 2.61. The van der Waals surface area contributed by atoms with Crippen molar-refractivity contribution in [2.24, 2.45) is 4.99 Å². The van der Waals surface area contributed by atoms with Crippen molar-refractivity contribution in [3.8, 4) is 11.3 Å². The summed E-state index contributed by atoms with van der Waals surface area (Å²) in [6.07, 6.45) is 1.62. The second-order valence-corrected chi connectivity index (χ2v) is 6.16. The maximum atomic E-state index is 11.0. The van der Waals surface area contributed by atoms with Gasteiger partial charge in [-0.15, -0.1) is 0 Å². The van der Waals surface area contributed by atoms with Crippen molar-refractivity contribution in [3.05, 3.63) is 70.4 Å². The van der Waals surface area contributed by atoms with Gasteiger partial charge in [0.1, 0.15) is 11.5 Å². The molecule has 4 nitrogen and oxygen atoms in total. The number of rotatable bonds is 4. The summed E-state index contributed by atoms with van der Waals surface area (Å²) in [5.74, 6) is 1.10. The number of furan rings is 1. The zero-order valence-corrected chi connectivity index (χ0v) is 14.8. The summed E-state index contributed by atoms with van der Waals surface area (Å²) < 4.78 is 5.75. The summed E-state index contributed by atoms with van der Waals surface area (Å²) in [6, 6.07) is 16.0. The molecule has 0 saturated carbocycles. The average molecular weight is 373 g/mol. The Kier molecular flexibility index (Phi) is 5.22. The molecule has 0 aliphatic rings. The minimum absolute atomic E-state index is 0.112. The SMILES string of the molecule is CC(=O)Nc1ccc(N=Cc2ccc(-c3cc(Cl)ccc3Cl)o2)cc1. The van der Waals surface area contributed by atoms with E-state index in [2.05, 4.69) is 10.3 Å². The van der Waals surface area contributed by atoms with Crippen LogP contribution in [0.15, 0.2) is 64.0 Å². The smallest absolute Gasteiger partial charge is 0.221 e. The fourth-order valence-electron chi connectivity index (χ4n) is 2.23. The van der Waals surface area contributed by atoms with Gasteiger partial charge in [-0.3, -0.25) is 9.79 Å². The molecule has 1 amide bonds. The number of nitrogens with one attached hydrogen (secondary N) is 1. The molecule has 0 unspecified atom stereocenters. The van der Waals surface area contributed by atoms with Crippen LogP contribution in [0.4, 0.5) is 11.4 Å². The minimum Gasteiger partial charge on any atom is -0.455 e. The van der Waals surface area contributed by atoms with E-state index in [0.717, 1.165) is 16.9 Å².